The van der Waals surface area contributed by atoms with Crippen molar-refractivity contribution in [2.24, 2.45) is 0 Å². The number of alkyl halides is 57. The molecule has 0 rings (SSSR count). The van der Waals surface area contributed by atoms with Crippen LogP contribution in [0.15, 0.2) is 0 Å². The zero-order chi connectivity index (χ0) is 73.0. The topological polar surface area (TPSA) is 26.3 Å². The van der Waals surface area contributed by atoms with Crippen LogP contribution in [0.2, 0.25) is 0 Å². The van der Waals surface area contributed by atoms with Gasteiger partial charge in [0.25, 0.3) is 0 Å². The first-order chi connectivity index (χ1) is 35.7. The van der Waals surface area contributed by atoms with E-state index in [2.05, 4.69) is 4.74 Å². The Hall–Kier alpha value is 16.0. The van der Waals surface area contributed by atoms with Crippen LogP contribution >= 0.6 is 661 Å². The van der Waals surface area contributed by atoms with E-state index in [1.54, 1.807) is 6.92 Å². The maximum atomic E-state index is 9.82. The number of rotatable bonds is 1. The van der Waals surface area contributed by atoms with Crippen molar-refractivity contribution in [2.45, 2.75) is 95.5 Å². The summed E-state index contributed by atoms with van der Waals surface area (Å²) in [6.45, 7) is 3.65. The molecule has 0 aliphatic carbocycles. The summed E-state index contributed by atoms with van der Waals surface area (Å²) in [6.07, 6.45) is 0. The standard InChI is InChI=1S/C4H8O2.19CHCl3/c1-3-6-4(2)5;19*2-1(3)4/h3H2,1-2H3;19*1H. The number of hydrogen-bond acceptors (Lipinski definition) is 2. The number of halogens is 57. The third kappa shape index (κ3) is 2400. The fourth-order valence-corrected chi connectivity index (χ4v) is 0.203. The Morgan fingerprint density at radius 1 is 0.183 bits per heavy atom. The van der Waals surface area contributed by atoms with Crippen molar-refractivity contribution in [3.8, 4) is 0 Å². The number of hydrogen-bond donors (Lipinski definition) is 0. The third-order valence-corrected chi connectivity index (χ3v) is 0.348. The molecule has 0 aromatic heterocycles. The lowest BCUT2D eigenvalue weighted by atomic mass is 10.8. The molecule has 0 spiro atoms. The van der Waals surface area contributed by atoms with Crippen molar-refractivity contribution in [1.82, 2.24) is 0 Å². The Labute approximate surface area is 764 Å². The summed E-state index contributed by atoms with van der Waals surface area (Å²) >= 11 is 274. The molecule has 0 saturated heterocycles. The van der Waals surface area contributed by atoms with Crippen LogP contribution in [0.5, 0.6) is 0 Å². The van der Waals surface area contributed by atoms with Gasteiger partial charge in [-0.15, -0.1) is 0 Å². The summed E-state index contributed by atoms with van der Waals surface area (Å²) in [5, 5.41) is 0. The van der Waals surface area contributed by atoms with Gasteiger partial charge in [0.2, 0.25) is 0 Å². The molecule has 0 N–H and O–H groups in total. The Morgan fingerprint density at radius 3 is 0.220 bits per heavy atom. The highest BCUT2D eigenvalue weighted by Crippen LogP contribution is 2.10. The van der Waals surface area contributed by atoms with E-state index in [1.165, 1.54) is 6.92 Å². The molecular weight excluding hydrogens is 2330 g/mol. The molecule has 0 aromatic rings. The van der Waals surface area contributed by atoms with Crippen LogP contribution in [-0.2, 0) is 9.53 Å². The summed E-state index contributed by atoms with van der Waals surface area (Å²) < 4.78 is -9.85. The summed E-state index contributed by atoms with van der Waals surface area (Å²) in [5.41, 5.74) is 0. The highest BCUT2D eigenvalue weighted by atomic mass is 35.6. The maximum Gasteiger partial charge on any atom is 0.302 e. The normalized spacial score (nSPS) is 8.90. The van der Waals surface area contributed by atoms with Gasteiger partial charge >= 0.3 is 5.97 Å². The van der Waals surface area contributed by atoms with Gasteiger partial charge in [0, 0.05) is 6.92 Å². The van der Waals surface area contributed by atoms with Gasteiger partial charge in [0.15, 0.2) is 81.6 Å². The molecule has 0 saturated carbocycles. The van der Waals surface area contributed by atoms with E-state index in [-0.39, 0.29) is 5.97 Å². The van der Waals surface area contributed by atoms with Gasteiger partial charge in [0.1, 0.15) is 0 Å². The highest BCUT2D eigenvalue weighted by molar-refractivity contribution is 6.70. The van der Waals surface area contributed by atoms with Gasteiger partial charge in [-0.05, 0) is 6.92 Å². The molecule has 0 amide bonds. The Morgan fingerprint density at radius 2 is 0.220 bits per heavy atom. The van der Waals surface area contributed by atoms with Gasteiger partial charge in [-0.1, -0.05) is 661 Å². The minimum absolute atomic E-state index is 0.211. The Kier molecular flexibility index (Phi) is 272. The van der Waals surface area contributed by atoms with Crippen molar-refractivity contribution in [1.29, 1.82) is 0 Å². The smallest absolute Gasteiger partial charge is 0.302 e. The fraction of sp³-hybridized carbons (Fsp3) is 0.957. The molecule has 2 nitrogen and oxygen atoms in total. The van der Waals surface area contributed by atoms with Crippen LogP contribution in [0.1, 0.15) is 13.8 Å². The van der Waals surface area contributed by atoms with E-state index in [0.717, 1.165) is 0 Å². The molecule has 82 heavy (non-hydrogen) atoms. The molecule has 0 aromatic carbocycles. The van der Waals surface area contributed by atoms with E-state index < -0.39 is 81.6 Å². The summed E-state index contributed by atoms with van der Waals surface area (Å²) in [7, 11) is 0. The van der Waals surface area contributed by atoms with Crippen LogP contribution in [-0.4, -0.2) is 94.2 Å². The van der Waals surface area contributed by atoms with Crippen LogP contribution in [0.3, 0.4) is 0 Å². The molecule has 0 radical (unpaired) electrons. The lowest BCUT2D eigenvalue weighted by Crippen LogP contribution is -1.95. The number of carbonyl (C=O) groups excluding carboxylic acids is 1. The largest absolute Gasteiger partial charge is 0.466 e. The Bertz CT molecular complexity index is 529. The molecular formula is C23H27Cl57O2. The van der Waals surface area contributed by atoms with Crippen molar-refractivity contribution in [3.63, 3.8) is 0 Å². The van der Waals surface area contributed by atoms with Crippen LogP contribution < -0.4 is 0 Å². The van der Waals surface area contributed by atoms with Gasteiger partial charge in [-0.25, -0.2) is 0 Å². The van der Waals surface area contributed by atoms with Crippen LogP contribution in [0.25, 0.3) is 0 Å². The second-order valence-electron chi connectivity index (χ2n) is 5.63. The third-order valence-electron chi connectivity index (χ3n) is 0.348. The number of esters is 1. The zero-order valence-corrected chi connectivity index (χ0v) is 79.6. The van der Waals surface area contributed by atoms with E-state index >= 15 is 0 Å². The number of carbonyl (C=O) groups is 1. The van der Waals surface area contributed by atoms with Gasteiger partial charge in [-0.2, -0.15) is 0 Å². The predicted octanol–water partition coefficient (Wildman–Crippen LogP) is 38.3. The van der Waals surface area contributed by atoms with Crippen molar-refractivity contribution in [2.75, 3.05) is 6.61 Å². The lowest BCUT2D eigenvalue weighted by Gasteiger charge is -1.89. The van der Waals surface area contributed by atoms with Gasteiger partial charge < -0.3 is 4.74 Å². The van der Waals surface area contributed by atoms with Crippen LogP contribution in [0.4, 0.5) is 0 Å². The minimum Gasteiger partial charge on any atom is -0.466 e. The minimum atomic E-state index is -0.750. The first kappa shape index (κ1) is 152. The number of ether oxygens (including phenoxy) is 1. The first-order valence-corrected chi connectivity index (χ1v) is 39.2. The summed E-state index contributed by atoms with van der Waals surface area (Å²) in [6, 6.07) is 0. The fourth-order valence-electron chi connectivity index (χ4n) is 0.203. The molecule has 0 aliphatic heterocycles. The van der Waals surface area contributed by atoms with Crippen molar-refractivity contribution in [3.05, 3.63) is 0 Å². The summed E-state index contributed by atoms with van der Waals surface area (Å²) in [4.78, 5) is 9.82. The molecule has 0 unspecified atom stereocenters. The monoisotopic (exact) mass is 2330 g/mol. The lowest BCUT2D eigenvalue weighted by molar-refractivity contribution is -0.140. The van der Waals surface area contributed by atoms with E-state index in [0.29, 0.717) is 6.61 Å². The van der Waals surface area contributed by atoms with Gasteiger partial charge in [0.05, 0.1) is 6.61 Å². The van der Waals surface area contributed by atoms with Crippen molar-refractivity contribution < 1.29 is 9.53 Å². The molecule has 0 fully saturated rings. The second kappa shape index (κ2) is 147. The highest BCUT2D eigenvalue weighted by Gasteiger charge is 1.86. The van der Waals surface area contributed by atoms with E-state index in [4.69, 9.17) is 661 Å². The quantitative estimate of drug-likeness (QED) is 0.193. The molecule has 530 valence electrons. The molecule has 0 atom stereocenters. The summed E-state index contributed by atoms with van der Waals surface area (Å²) in [5.74, 6) is -0.211. The molecule has 0 aliphatic rings. The average Bonchev–Trinajstić information content (AvgIpc) is 3.03. The first-order valence-electron chi connectivity index (χ1n) is 14.3. The van der Waals surface area contributed by atoms with Crippen LogP contribution in [0, 0.1) is 0 Å². The molecule has 0 bridgehead atoms. The van der Waals surface area contributed by atoms with Crippen molar-refractivity contribution >= 4 is 667 Å². The Balaban J connectivity index is -0.0000000274. The van der Waals surface area contributed by atoms with Gasteiger partial charge in [-0.3, -0.25) is 4.79 Å². The zero-order valence-electron chi connectivity index (χ0n) is 36.5. The van der Waals surface area contributed by atoms with E-state index in [9.17, 15) is 4.79 Å². The van der Waals surface area contributed by atoms with E-state index in [1.807, 2.05) is 0 Å². The predicted molar refractivity (Wildman–Crippen MR) is 428 cm³/mol. The molecule has 0 heterocycles. The average molecular weight is 2360 g/mol. The SMILES string of the molecule is CCOC(C)=O.ClC(Cl)Cl.ClC(Cl)Cl.ClC(Cl)Cl.ClC(Cl)Cl.ClC(Cl)Cl.ClC(Cl)Cl.ClC(Cl)Cl.ClC(Cl)Cl.ClC(Cl)Cl.ClC(Cl)Cl.ClC(Cl)Cl.ClC(Cl)Cl.ClC(Cl)Cl.ClC(Cl)Cl.ClC(Cl)Cl.ClC(Cl)Cl.ClC(Cl)Cl.ClC(Cl)Cl.ClC(Cl)Cl. The second-order valence-corrected chi connectivity index (χ2v) is 43.2. The molecule has 59 heteroatoms. The maximum absolute atomic E-state index is 9.82.